The number of carbonyl (C=O) groups excluding carboxylic acids is 1. The van der Waals surface area contributed by atoms with Crippen molar-refractivity contribution < 1.29 is 13.9 Å². The fourth-order valence-corrected chi connectivity index (χ4v) is 5.43. The zero-order chi connectivity index (χ0) is 26.6. The molecule has 2 atom stereocenters. The molecule has 1 aromatic carbocycles. The zero-order valence-electron chi connectivity index (χ0n) is 21.7. The highest BCUT2D eigenvalue weighted by Gasteiger charge is 2.41. The molecule has 2 N–H and O–H groups in total. The van der Waals surface area contributed by atoms with E-state index < -0.39 is 0 Å². The predicted molar refractivity (Wildman–Crippen MR) is 150 cm³/mol. The molecule has 4 aromatic rings. The van der Waals surface area contributed by atoms with E-state index in [-0.39, 0.29) is 24.4 Å². The Morgan fingerprint density at radius 1 is 1.16 bits per heavy atom. The van der Waals surface area contributed by atoms with Gasteiger partial charge in [0.2, 0.25) is 5.91 Å². The molecule has 4 heterocycles. The summed E-state index contributed by atoms with van der Waals surface area (Å²) < 4.78 is 13.2. The minimum atomic E-state index is -0.154. The number of carbonyl (C=O) groups is 1. The van der Waals surface area contributed by atoms with Crippen LogP contribution in [-0.2, 0) is 11.3 Å². The van der Waals surface area contributed by atoms with E-state index in [1.54, 1.807) is 19.6 Å². The maximum absolute atomic E-state index is 13.0. The van der Waals surface area contributed by atoms with Crippen molar-refractivity contribution in [1.29, 1.82) is 0 Å². The van der Waals surface area contributed by atoms with E-state index in [9.17, 15) is 4.79 Å². The van der Waals surface area contributed by atoms with E-state index in [4.69, 9.17) is 21.4 Å². The van der Waals surface area contributed by atoms with Gasteiger partial charge in [-0.25, -0.2) is 0 Å². The third kappa shape index (κ3) is 5.15. The molecule has 1 fully saturated rings. The normalized spacial score (nSPS) is 16.9. The van der Waals surface area contributed by atoms with Crippen LogP contribution >= 0.6 is 12.2 Å². The minimum absolute atomic E-state index is 0.111. The fraction of sp³-hybridized carbons (Fsp3) is 0.276. The Morgan fingerprint density at radius 3 is 2.71 bits per heavy atom. The highest BCUT2D eigenvalue weighted by atomic mass is 32.1. The number of amides is 1. The minimum Gasteiger partial charge on any atom is -0.495 e. The average molecular weight is 530 g/mol. The molecular weight excluding hydrogens is 498 g/mol. The summed E-state index contributed by atoms with van der Waals surface area (Å²) in [4.78, 5) is 19.7. The first-order valence-corrected chi connectivity index (χ1v) is 13.0. The molecule has 1 aliphatic heterocycles. The van der Waals surface area contributed by atoms with Crippen LogP contribution in [-0.4, -0.2) is 39.1 Å². The van der Waals surface area contributed by atoms with Gasteiger partial charge in [-0.1, -0.05) is 18.2 Å². The molecule has 0 radical (unpaired) electrons. The largest absolute Gasteiger partial charge is 0.495 e. The quantitative estimate of drug-likeness (QED) is 0.290. The first kappa shape index (κ1) is 25.5. The van der Waals surface area contributed by atoms with E-state index in [2.05, 4.69) is 45.0 Å². The number of furan rings is 1. The number of thiocarbonyl (C=S) groups is 1. The first-order valence-electron chi connectivity index (χ1n) is 12.6. The standard InChI is InChI=1S/C29H31N5O3S/c1-19-17-22(20(2)34(19)18-21-9-8-16-37-21)28-27(24-11-6-7-14-30-24)32-29(38)33(28)15-13-26(35)31-23-10-4-5-12-25(23)36-3/h4-12,14,16-17,27-28H,13,15,18H2,1-3H3,(H,31,35)(H,32,38)/t27-,28-/m0/s1. The van der Waals surface area contributed by atoms with Gasteiger partial charge in [0.1, 0.15) is 11.5 Å². The molecule has 3 aromatic heterocycles. The molecule has 1 amide bonds. The Labute approximate surface area is 227 Å². The maximum Gasteiger partial charge on any atom is 0.226 e. The second-order valence-corrected chi connectivity index (χ2v) is 9.70. The number of hydrogen-bond acceptors (Lipinski definition) is 5. The summed E-state index contributed by atoms with van der Waals surface area (Å²) in [7, 11) is 1.59. The van der Waals surface area contributed by atoms with Crippen LogP contribution in [0.3, 0.4) is 0 Å². The number of rotatable bonds is 9. The summed E-state index contributed by atoms with van der Waals surface area (Å²) in [5, 5.41) is 7.05. The van der Waals surface area contributed by atoms with E-state index in [1.165, 1.54) is 0 Å². The molecule has 5 rings (SSSR count). The van der Waals surface area contributed by atoms with E-state index >= 15 is 0 Å². The second-order valence-electron chi connectivity index (χ2n) is 9.31. The maximum atomic E-state index is 13.0. The molecule has 0 saturated carbocycles. The van der Waals surface area contributed by atoms with Crippen LogP contribution in [0.25, 0.3) is 0 Å². The van der Waals surface area contributed by atoms with E-state index in [1.807, 2.05) is 54.6 Å². The van der Waals surface area contributed by atoms with Crippen LogP contribution in [0.2, 0.25) is 0 Å². The monoisotopic (exact) mass is 529 g/mol. The van der Waals surface area contributed by atoms with Gasteiger partial charge in [-0.15, -0.1) is 0 Å². The lowest BCUT2D eigenvalue weighted by atomic mass is 9.96. The van der Waals surface area contributed by atoms with Crippen LogP contribution in [0.4, 0.5) is 5.69 Å². The lowest BCUT2D eigenvalue weighted by molar-refractivity contribution is -0.116. The molecule has 9 heteroatoms. The summed E-state index contributed by atoms with van der Waals surface area (Å²) >= 11 is 5.81. The van der Waals surface area contributed by atoms with Gasteiger partial charge in [-0.2, -0.15) is 0 Å². The molecule has 0 aliphatic carbocycles. The summed E-state index contributed by atoms with van der Waals surface area (Å²) in [6.07, 6.45) is 3.75. The van der Waals surface area contributed by atoms with Crippen LogP contribution in [0, 0.1) is 13.8 Å². The molecule has 0 unspecified atom stereocenters. The Balaban J connectivity index is 1.42. The highest BCUT2D eigenvalue weighted by molar-refractivity contribution is 7.80. The smallest absolute Gasteiger partial charge is 0.226 e. The number of ether oxygens (including phenoxy) is 1. The number of benzene rings is 1. The van der Waals surface area contributed by atoms with Gasteiger partial charge in [0.05, 0.1) is 43.4 Å². The third-order valence-corrected chi connectivity index (χ3v) is 7.34. The summed E-state index contributed by atoms with van der Waals surface area (Å²) in [6, 6.07) is 19.1. The van der Waals surface area contributed by atoms with Crippen LogP contribution < -0.4 is 15.4 Å². The predicted octanol–water partition coefficient (Wildman–Crippen LogP) is 5.15. The van der Waals surface area contributed by atoms with Crippen LogP contribution in [0.5, 0.6) is 5.75 Å². The number of nitrogens with zero attached hydrogens (tertiary/aromatic N) is 3. The fourth-order valence-electron chi connectivity index (χ4n) is 5.10. The molecule has 8 nitrogen and oxygen atoms in total. The molecule has 0 bridgehead atoms. The molecule has 1 aliphatic rings. The molecule has 196 valence electrons. The van der Waals surface area contributed by atoms with Crippen molar-refractivity contribution in [2.75, 3.05) is 19.0 Å². The van der Waals surface area contributed by atoms with Gasteiger partial charge < -0.3 is 29.3 Å². The number of nitrogens with one attached hydrogen (secondary N) is 2. The third-order valence-electron chi connectivity index (χ3n) is 6.98. The molecule has 0 spiro atoms. The van der Waals surface area contributed by atoms with Crippen molar-refractivity contribution in [2.24, 2.45) is 0 Å². The Kier molecular flexibility index (Phi) is 7.46. The number of hydrogen-bond donors (Lipinski definition) is 2. The van der Waals surface area contributed by atoms with Crippen LogP contribution in [0.15, 0.2) is 77.5 Å². The first-order chi connectivity index (χ1) is 18.5. The van der Waals surface area contributed by atoms with Gasteiger partial charge >= 0.3 is 0 Å². The SMILES string of the molecule is COc1ccccc1NC(=O)CCN1C(=S)N[C@@H](c2ccccn2)[C@@H]1c1cc(C)n(Cc2ccco2)c1C. The molecular formula is C29H31N5O3S. The summed E-state index contributed by atoms with van der Waals surface area (Å²) in [6.45, 7) is 5.31. The number of aryl methyl sites for hydroxylation is 1. The second kappa shape index (κ2) is 11.1. The van der Waals surface area contributed by atoms with Crippen LogP contribution in [0.1, 0.15) is 46.9 Å². The molecule has 1 saturated heterocycles. The Hall–Kier alpha value is -4.11. The Bertz CT molecular complexity index is 1420. The number of methoxy groups -OCH3 is 1. The summed E-state index contributed by atoms with van der Waals surface area (Å²) in [5.41, 5.74) is 4.94. The Morgan fingerprint density at radius 2 is 1.97 bits per heavy atom. The zero-order valence-corrected chi connectivity index (χ0v) is 22.5. The number of para-hydroxylation sites is 2. The van der Waals surface area contributed by atoms with Crippen molar-refractivity contribution in [3.63, 3.8) is 0 Å². The van der Waals surface area contributed by atoms with Gasteiger partial charge in [0.15, 0.2) is 5.11 Å². The van der Waals surface area contributed by atoms with Crippen molar-refractivity contribution >= 4 is 28.9 Å². The van der Waals surface area contributed by atoms with Crippen molar-refractivity contribution in [3.05, 3.63) is 102 Å². The van der Waals surface area contributed by atoms with Crippen molar-refractivity contribution in [1.82, 2.24) is 19.8 Å². The van der Waals surface area contributed by atoms with Gasteiger partial charge in [0, 0.05) is 30.6 Å². The number of anilines is 1. The lowest BCUT2D eigenvalue weighted by Gasteiger charge is -2.28. The number of pyridine rings is 1. The lowest BCUT2D eigenvalue weighted by Crippen LogP contribution is -2.33. The average Bonchev–Trinajstić information content (AvgIpc) is 3.63. The van der Waals surface area contributed by atoms with Gasteiger partial charge in [0.25, 0.3) is 0 Å². The van der Waals surface area contributed by atoms with Gasteiger partial charge in [-0.3, -0.25) is 9.78 Å². The summed E-state index contributed by atoms with van der Waals surface area (Å²) in [5.74, 6) is 1.40. The van der Waals surface area contributed by atoms with E-state index in [0.29, 0.717) is 29.6 Å². The highest BCUT2D eigenvalue weighted by Crippen LogP contribution is 2.41. The molecule has 38 heavy (non-hydrogen) atoms. The number of aromatic nitrogens is 2. The topological polar surface area (TPSA) is 84.6 Å². The van der Waals surface area contributed by atoms with E-state index in [0.717, 1.165) is 28.4 Å². The van der Waals surface area contributed by atoms with Crippen molar-refractivity contribution in [2.45, 2.75) is 38.9 Å². The van der Waals surface area contributed by atoms with Crippen molar-refractivity contribution in [3.8, 4) is 5.75 Å². The van der Waals surface area contributed by atoms with Gasteiger partial charge in [-0.05, 0) is 74.1 Å².